The molecule has 14 heteroatoms. The van der Waals surface area contributed by atoms with Gasteiger partial charge < -0.3 is 24.6 Å². The second-order valence-corrected chi connectivity index (χ2v) is 18.9. The number of amides is 2. The van der Waals surface area contributed by atoms with E-state index in [1.165, 1.54) is 16.9 Å². The summed E-state index contributed by atoms with van der Waals surface area (Å²) in [5.74, 6) is 1.76. The van der Waals surface area contributed by atoms with Crippen LogP contribution in [-0.2, 0) is 9.59 Å². The molecule has 4 aliphatic rings. The van der Waals surface area contributed by atoms with Gasteiger partial charge in [0, 0.05) is 54.0 Å². The highest BCUT2D eigenvalue weighted by atomic mass is 32.1. The number of para-hydroxylation sites is 1. The van der Waals surface area contributed by atoms with Gasteiger partial charge in [-0.3, -0.25) is 14.5 Å². The molecule has 5 atom stereocenters. The molecule has 0 spiro atoms. The Morgan fingerprint density at radius 1 is 1.03 bits per heavy atom. The summed E-state index contributed by atoms with van der Waals surface area (Å²) < 4.78 is 11.9. The number of aryl methyl sites for hydroxylation is 2. The van der Waals surface area contributed by atoms with E-state index in [1.54, 1.807) is 39.7 Å². The maximum Gasteiger partial charge on any atom is 0.254 e. The monoisotopic (exact) mass is 845 g/mol. The van der Waals surface area contributed by atoms with Gasteiger partial charge >= 0.3 is 0 Å². The molecule has 6 aromatic rings. The molecule has 12 nitrogen and oxygen atoms in total. The summed E-state index contributed by atoms with van der Waals surface area (Å²) in [5.41, 5.74) is 7.62. The summed E-state index contributed by atoms with van der Waals surface area (Å²) in [7, 11) is 0. The number of nitrogens with one attached hydrogen (secondary N) is 1. The van der Waals surface area contributed by atoms with Crippen LogP contribution in [0.5, 0.6) is 11.6 Å². The summed E-state index contributed by atoms with van der Waals surface area (Å²) in [6.07, 6.45) is 2.60. The maximum absolute atomic E-state index is 14.2. The minimum Gasteiger partial charge on any atom is -0.507 e. The van der Waals surface area contributed by atoms with Crippen LogP contribution in [0.2, 0.25) is 0 Å². The molecule has 2 N–H and O–H groups in total. The van der Waals surface area contributed by atoms with E-state index in [1.807, 2.05) is 63.5 Å². The SMILES string of the molecule is Cc1ncsc1-c1ccc([C@H](C)NC(=O)C2CCCN2C(=O)C(c2cc(OCCN3CC4CC(C3)C4c3sc4nnc(-c5ccccc5O)cc4c3C)no2)C(C)C)cc1. The van der Waals surface area contributed by atoms with Crippen molar-refractivity contribution < 1.29 is 24.0 Å². The van der Waals surface area contributed by atoms with Crippen LogP contribution in [0.25, 0.3) is 31.9 Å². The van der Waals surface area contributed by atoms with Gasteiger partial charge in [-0.25, -0.2) is 4.98 Å². The number of aromatic hydroxyl groups is 1. The zero-order valence-corrected chi connectivity index (χ0v) is 36.3. The lowest BCUT2D eigenvalue weighted by Gasteiger charge is -2.53. The highest BCUT2D eigenvalue weighted by molar-refractivity contribution is 7.19. The first-order valence-electron chi connectivity index (χ1n) is 21.0. The van der Waals surface area contributed by atoms with Crippen LogP contribution in [0.4, 0.5) is 0 Å². The number of piperidine rings is 2. The Morgan fingerprint density at radius 3 is 2.55 bits per heavy atom. The van der Waals surface area contributed by atoms with Gasteiger partial charge in [0.05, 0.1) is 27.8 Å². The van der Waals surface area contributed by atoms with Crippen LogP contribution in [0.3, 0.4) is 0 Å². The van der Waals surface area contributed by atoms with Crippen molar-refractivity contribution in [1.82, 2.24) is 35.5 Å². The summed E-state index contributed by atoms with van der Waals surface area (Å²) in [5, 5.41) is 27.9. The number of rotatable bonds is 13. The molecular formula is C46H51N7O5S2. The molecule has 4 unspecified atom stereocenters. The number of benzene rings is 2. The van der Waals surface area contributed by atoms with Crippen molar-refractivity contribution in [1.29, 1.82) is 0 Å². The second kappa shape index (κ2) is 16.7. The van der Waals surface area contributed by atoms with Crippen molar-refractivity contribution >= 4 is 44.7 Å². The summed E-state index contributed by atoms with van der Waals surface area (Å²) in [6, 6.07) is 18.5. The highest BCUT2D eigenvalue weighted by Crippen LogP contribution is 2.55. The van der Waals surface area contributed by atoms with Crippen LogP contribution >= 0.6 is 22.7 Å². The van der Waals surface area contributed by atoms with Crippen molar-refractivity contribution in [3.05, 3.63) is 93.6 Å². The number of nitrogens with zero attached hydrogens (tertiary/aromatic N) is 6. The lowest BCUT2D eigenvalue weighted by atomic mass is 9.60. The maximum atomic E-state index is 14.2. The molecule has 312 valence electrons. The smallest absolute Gasteiger partial charge is 0.254 e. The normalized spacial score (nSPS) is 21.3. The number of phenolic OH excluding ortho intramolecular Hbond substituents is 1. The number of fused-ring (bicyclic) bond motifs is 3. The summed E-state index contributed by atoms with van der Waals surface area (Å²) in [4.78, 5) is 39.9. The van der Waals surface area contributed by atoms with Gasteiger partial charge in [0.2, 0.25) is 11.8 Å². The first-order chi connectivity index (χ1) is 29.0. The zero-order chi connectivity index (χ0) is 41.7. The van der Waals surface area contributed by atoms with E-state index < -0.39 is 12.0 Å². The predicted octanol–water partition coefficient (Wildman–Crippen LogP) is 8.51. The van der Waals surface area contributed by atoms with Gasteiger partial charge in [-0.2, -0.15) is 0 Å². The van der Waals surface area contributed by atoms with E-state index in [0.717, 1.165) is 58.0 Å². The van der Waals surface area contributed by atoms with E-state index in [2.05, 4.69) is 55.7 Å². The first kappa shape index (κ1) is 40.2. The molecule has 0 radical (unpaired) electrons. The molecule has 3 aliphatic heterocycles. The van der Waals surface area contributed by atoms with Gasteiger partial charge in [0.1, 0.15) is 29.1 Å². The second-order valence-electron chi connectivity index (χ2n) is 17.0. The molecule has 1 aliphatic carbocycles. The average Bonchev–Trinajstić information content (AvgIpc) is 4.06. The Balaban J connectivity index is 0.780. The Bertz CT molecular complexity index is 2500. The van der Waals surface area contributed by atoms with Crippen LogP contribution in [-0.4, -0.2) is 85.9 Å². The van der Waals surface area contributed by atoms with E-state index in [9.17, 15) is 14.7 Å². The van der Waals surface area contributed by atoms with Crippen LogP contribution < -0.4 is 10.1 Å². The van der Waals surface area contributed by atoms with Gasteiger partial charge in [0.25, 0.3) is 5.88 Å². The number of thiophene rings is 1. The molecule has 1 saturated carbocycles. The van der Waals surface area contributed by atoms with Crippen LogP contribution in [0.15, 0.2) is 70.7 Å². The topological polar surface area (TPSA) is 147 Å². The largest absolute Gasteiger partial charge is 0.507 e. The fraction of sp³-hybridized carbons (Fsp3) is 0.435. The zero-order valence-electron chi connectivity index (χ0n) is 34.6. The molecule has 10 rings (SSSR count). The number of ether oxygens (including phenoxy) is 1. The highest BCUT2D eigenvalue weighted by Gasteiger charge is 2.48. The third-order valence-electron chi connectivity index (χ3n) is 12.8. The minimum atomic E-state index is -0.588. The van der Waals surface area contributed by atoms with Gasteiger partial charge in [0.15, 0.2) is 5.76 Å². The number of hydrogen-bond donors (Lipinski definition) is 2. The molecular weight excluding hydrogens is 795 g/mol. The van der Waals surface area contributed by atoms with Crippen molar-refractivity contribution in [3.8, 4) is 33.3 Å². The molecule has 4 aromatic heterocycles. The number of hydrogen-bond acceptors (Lipinski definition) is 12. The molecule has 4 fully saturated rings. The van der Waals surface area contributed by atoms with E-state index >= 15 is 0 Å². The summed E-state index contributed by atoms with van der Waals surface area (Å²) >= 11 is 3.38. The molecule has 7 heterocycles. The standard InChI is InChI=1S/C46H51N7O5S2/c1-25(2)40(46(56)53-16-8-10-36(53)44(55)48-27(4)29-12-14-30(15-13-29)43-28(5)47-24-59-43)38-21-39(51-58-38)57-18-17-52-22-31-19-32(23-52)41(31)42-26(3)34-20-35(49-50-45(34)60-42)33-9-6-7-11-37(33)54/h6-7,9,11-15,20-21,24-25,27,31-32,36,40-41,54H,8,10,16-19,22-23H2,1-5H3,(H,48,55)/t27-,31?,32?,36?,40?,41?/m0/s1. The van der Waals surface area contributed by atoms with Crippen molar-refractivity contribution in [2.75, 3.05) is 32.8 Å². The van der Waals surface area contributed by atoms with Crippen molar-refractivity contribution in [2.24, 2.45) is 17.8 Å². The van der Waals surface area contributed by atoms with Crippen molar-refractivity contribution in [3.63, 3.8) is 0 Å². The number of carbonyl (C=O) groups is 2. The summed E-state index contributed by atoms with van der Waals surface area (Å²) in [6.45, 7) is 13.9. The number of likely N-dealkylation sites (tertiary alicyclic amines) is 1. The van der Waals surface area contributed by atoms with Crippen molar-refractivity contribution in [2.45, 2.75) is 77.8 Å². The van der Waals surface area contributed by atoms with Gasteiger partial charge in [-0.05, 0) is 97.8 Å². The van der Waals surface area contributed by atoms with Gasteiger partial charge in [-0.15, -0.1) is 32.9 Å². The van der Waals surface area contributed by atoms with Crippen LogP contribution in [0.1, 0.15) is 85.4 Å². The molecule has 3 saturated heterocycles. The fourth-order valence-electron chi connectivity index (χ4n) is 9.65. The Morgan fingerprint density at radius 2 is 1.82 bits per heavy atom. The predicted molar refractivity (Wildman–Crippen MR) is 233 cm³/mol. The lowest BCUT2D eigenvalue weighted by molar-refractivity contribution is -0.141. The van der Waals surface area contributed by atoms with E-state index in [4.69, 9.17) is 9.26 Å². The third-order valence-corrected chi connectivity index (χ3v) is 15.1. The Labute approximate surface area is 358 Å². The third kappa shape index (κ3) is 7.69. The molecule has 2 amide bonds. The fourth-order valence-corrected chi connectivity index (χ4v) is 11.9. The number of carbonyl (C=O) groups excluding carboxylic acids is 2. The Kier molecular flexibility index (Phi) is 11.2. The average molecular weight is 846 g/mol. The van der Waals surface area contributed by atoms with Crippen LogP contribution in [0, 0.1) is 31.6 Å². The van der Waals surface area contributed by atoms with E-state index in [-0.39, 0.29) is 29.5 Å². The van der Waals surface area contributed by atoms with Gasteiger partial charge in [-0.1, -0.05) is 50.2 Å². The van der Waals surface area contributed by atoms with E-state index in [0.29, 0.717) is 60.2 Å². The quantitative estimate of drug-likeness (QED) is 0.116. The molecule has 60 heavy (non-hydrogen) atoms. The Hall–Kier alpha value is -5.18. The number of phenols is 1. The molecule has 2 aromatic carbocycles. The minimum absolute atomic E-state index is 0.0776. The number of aromatic nitrogens is 4. The first-order valence-corrected chi connectivity index (χ1v) is 22.7. The number of thiazole rings is 1. The lowest BCUT2D eigenvalue weighted by Crippen LogP contribution is -2.54. The molecule has 2 bridgehead atoms.